The number of halogens is 3. The zero-order valence-electron chi connectivity index (χ0n) is 17.3. The molecule has 0 amide bonds. The van der Waals surface area contributed by atoms with E-state index < -0.39 is 17.6 Å². The first-order valence-corrected chi connectivity index (χ1v) is 12.2. The molecule has 4 aromatic rings. The molecule has 0 bridgehead atoms. The molecule has 33 heavy (non-hydrogen) atoms. The Morgan fingerprint density at radius 3 is 2.79 bits per heavy atom. The number of aromatic nitrogens is 4. The summed E-state index contributed by atoms with van der Waals surface area (Å²) >= 11 is 15.8. The maximum absolute atomic E-state index is 11.2. The molecule has 4 heterocycles. The standard InChI is InChI=1S/C23H20BrCl2N5O2/c24-14-5-11-1-2-12(6-15(11)30-21(14)26)16-7-23(9-27-16)8-17(18(32)19(23)33)31-4-3-13-20(25)28-10-29-22(13)31/h1-6,10,16-19,27,32-33H,7-9H2. The predicted molar refractivity (Wildman–Crippen MR) is 130 cm³/mol. The number of fused-ring (bicyclic) bond motifs is 2. The summed E-state index contributed by atoms with van der Waals surface area (Å²) in [5, 5.41) is 28.3. The Hall–Kier alpha value is -1.81. The topological polar surface area (TPSA) is 96.1 Å². The van der Waals surface area contributed by atoms with Crippen molar-refractivity contribution >= 4 is 61.1 Å². The number of nitrogens with one attached hydrogen (secondary N) is 1. The van der Waals surface area contributed by atoms with E-state index in [-0.39, 0.29) is 12.1 Å². The molecule has 1 aromatic carbocycles. The second kappa shape index (κ2) is 7.86. The van der Waals surface area contributed by atoms with Crippen LogP contribution in [0.25, 0.3) is 21.9 Å². The van der Waals surface area contributed by atoms with E-state index in [1.54, 1.807) is 0 Å². The van der Waals surface area contributed by atoms with Crippen LogP contribution >= 0.6 is 39.1 Å². The van der Waals surface area contributed by atoms with Gasteiger partial charge < -0.3 is 20.1 Å². The molecule has 6 rings (SSSR count). The van der Waals surface area contributed by atoms with E-state index in [0.717, 1.165) is 26.3 Å². The van der Waals surface area contributed by atoms with Gasteiger partial charge in [-0.15, -0.1) is 0 Å². The first-order valence-electron chi connectivity index (χ1n) is 10.7. The molecule has 1 saturated heterocycles. The minimum absolute atomic E-state index is 0.0393. The molecule has 1 spiro atoms. The largest absolute Gasteiger partial charge is 0.390 e. The van der Waals surface area contributed by atoms with Crippen LogP contribution in [0, 0.1) is 5.41 Å². The highest BCUT2D eigenvalue weighted by molar-refractivity contribution is 9.10. The van der Waals surface area contributed by atoms with Crippen LogP contribution in [0.15, 0.2) is 47.3 Å². The van der Waals surface area contributed by atoms with Crippen molar-refractivity contribution in [2.75, 3.05) is 6.54 Å². The van der Waals surface area contributed by atoms with Crippen molar-refractivity contribution in [2.45, 2.75) is 37.1 Å². The number of aliphatic hydroxyl groups is 2. The SMILES string of the molecule is OC1C(n2ccc3c(Cl)ncnc32)CC2(CNC(c3ccc4cc(Br)c(Cl)nc4c3)C2)C1O. The number of hydrogen-bond donors (Lipinski definition) is 3. The highest BCUT2D eigenvalue weighted by Crippen LogP contribution is 2.52. The molecule has 3 N–H and O–H groups in total. The molecular formula is C23H20BrCl2N5O2. The van der Waals surface area contributed by atoms with Gasteiger partial charge in [0.25, 0.3) is 0 Å². The van der Waals surface area contributed by atoms with E-state index in [4.69, 9.17) is 23.2 Å². The molecule has 5 atom stereocenters. The Bertz CT molecular complexity index is 1400. The second-order valence-electron chi connectivity index (χ2n) is 9.04. The van der Waals surface area contributed by atoms with Gasteiger partial charge in [-0.05, 0) is 52.5 Å². The zero-order chi connectivity index (χ0) is 22.9. The number of hydrogen-bond acceptors (Lipinski definition) is 6. The highest BCUT2D eigenvalue weighted by Gasteiger charge is 2.56. The van der Waals surface area contributed by atoms with Gasteiger partial charge in [0.1, 0.15) is 28.4 Å². The molecule has 1 aliphatic heterocycles. The Morgan fingerprint density at radius 1 is 1.09 bits per heavy atom. The van der Waals surface area contributed by atoms with Crippen molar-refractivity contribution in [1.82, 2.24) is 24.8 Å². The predicted octanol–water partition coefficient (Wildman–Crippen LogP) is 4.44. The Morgan fingerprint density at radius 2 is 1.94 bits per heavy atom. The smallest absolute Gasteiger partial charge is 0.145 e. The van der Waals surface area contributed by atoms with Gasteiger partial charge in [0.05, 0.1) is 27.5 Å². The van der Waals surface area contributed by atoms with E-state index in [2.05, 4.69) is 42.3 Å². The lowest BCUT2D eigenvalue weighted by Crippen LogP contribution is -2.38. The minimum atomic E-state index is -0.913. The normalized spacial score (nSPS) is 29.6. The lowest BCUT2D eigenvalue weighted by atomic mass is 9.80. The molecule has 3 aromatic heterocycles. The second-order valence-corrected chi connectivity index (χ2v) is 10.6. The van der Waals surface area contributed by atoms with Gasteiger partial charge >= 0.3 is 0 Å². The number of nitrogens with zero attached hydrogens (tertiary/aromatic N) is 4. The van der Waals surface area contributed by atoms with Crippen molar-refractivity contribution in [3.63, 3.8) is 0 Å². The van der Waals surface area contributed by atoms with Crippen LogP contribution in [0.5, 0.6) is 0 Å². The molecule has 5 unspecified atom stereocenters. The number of aliphatic hydroxyl groups excluding tert-OH is 2. The van der Waals surface area contributed by atoms with Gasteiger partial charge in [0.2, 0.25) is 0 Å². The van der Waals surface area contributed by atoms with Crippen LogP contribution < -0.4 is 5.32 Å². The first-order chi connectivity index (χ1) is 15.9. The molecule has 7 nitrogen and oxygen atoms in total. The van der Waals surface area contributed by atoms with Gasteiger partial charge in [-0.1, -0.05) is 35.3 Å². The average Bonchev–Trinajstić information content (AvgIpc) is 3.48. The Balaban J connectivity index is 1.30. The summed E-state index contributed by atoms with van der Waals surface area (Å²) in [7, 11) is 0. The molecular weight excluding hydrogens is 529 g/mol. The average molecular weight is 549 g/mol. The molecule has 2 aliphatic rings. The summed E-state index contributed by atoms with van der Waals surface area (Å²) in [5.41, 5.74) is 2.11. The van der Waals surface area contributed by atoms with Crippen LogP contribution in [0.3, 0.4) is 0 Å². The molecule has 0 radical (unpaired) electrons. The Kier molecular flexibility index (Phi) is 5.17. The van der Waals surface area contributed by atoms with Crippen LogP contribution in [-0.2, 0) is 0 Å². The summed E-state index contributed by atoms with van der Waals surface area (Å²) < 4.78 is 2.68. The third-order valence-electron chi connectivity index (χ3n) is 7.24. The molecule has 1 aliphatic carbocycles. The zero-order valence-corrected chi connectivity index (χ0v) is 20.4. The lowest BCUT2D eigenvalue weighted by molar-refractivity contribution is -0.0218. The fourth-order valence-corrected chi connectivity index (χ4v) is 6.22. The van der Waals surface area contributed by atoms with E-state index in [1.165, 1.54) is 6.33 Å². The van der Waals surface area contributed by atoms with Gasteiger partial charge in [0, 0.05) is 29.6 Å². The quantitative estimate of drug-likeness (QED) is 0.253. The first kappa shape index (κ1) is 21.7. The van der Waals surface area contributed by atoms with Crippen LogP contribution in [0.1, 0.15) is 30.5 Å². The monoisotopic (exact) mass is 547 g/mol. The van der Waals surface area contributed by atoms with Crippen molar-refractivity contribution < 1.29 is 10.2 Å². The van der Waals surface area contributed by atoms with E-state index >= 15 is 0 Å². The number of rotatable bonds is 2. The van der Waals surface area contributed by atoms with Gasteiger partial charge in [0.15, 0.2) is 0 Å². The number of benzene rings is 1. The summed E-state index contributed by atoms with van der Waals surface area (Å²) in [5.74, 6) is 0. The van der Waals surface area contributed by atoms with Crippen LogP contribution in [0.2, 0.25) is 10.3 Å². The summed E-state index contributed by atoms with van der Waals surface area (Å²) in [4.78, 5) is 12.9. The van der Waals surface area contributed by atoms with Crippen molar-refractivity contribution in [2.24, 2.45) is 5.41 Å². The number of pyridine rings is 1. The molecule has 10 heteroatoms. The van der Waals surface area contributed by atoms with Crippen LogP contribution in [-0.4, -0.2) is 48.5 Å². The maximum atomic E-state index is 11.2. The summed E-state index contributed by atoms with van der Waals surface area (Å²) in [6.45, 7) is 0.605. The van der Waals surface area contributed by atoms with Gasteiger partial charge in [-0.2, -0.15) is 0 Å². The minimum Gasteiger partial charge on any atom is -0.390 e. The third-order valence-corrected chi connectivity index (χ3v) is 8.67. The van der Waals surface area contributed by atoms with Crippen molar-refractivity contribution in [3.8, 4) is 0 Å². The third kappa shape index (κ3) is 3.38. The maximum Gasteiger partial charge on any atom is 0.145 e. The van der Waals surface area contributed by atoms with E-state index in [1.807, 2.05) is 35.0 Å². The van der Waals surface area contributed by atoms with Crippen molar-refractivity contribution in [1.29, 1.82) is 0 Å². The molecule has 2 fully saturated rings. The van der Waals surface area contributed by atoms with Gasteiger partial charge in [-0.3, -0.25) is 0 Å². The van der Waals surface area contributed by atoms with Crippen LogP contribution in [0.4, 0.5) is 0 Å². The molecule has 170 valence electrons. The van der Waals surface area contributed by atoms with Crippen molar-refractivity contribution in [3.05, 3.63) is 63.2 Å². The van der Waals surface area contributed by atoms with E-state index in [9.17, 15) is 10.2 Å². The van der Waals surface area contributed by atoms with E-state index in [0.29, 0.717) is 35.3 Å². The lowest BCUT2D eigenvalue weighted by Gasteiger charge is -2.27. The fraction of sp³-hybridized carbons (Fsp3) is 0.348. The summed E-state index contributed by atoms with van der Waals surface area (Å²) in [6.07, 6.45) is 2.83. The highest BCUT2D eigenvalue weighted by atomic mass is 79.9. The summed E-state index contributed by atoms with van der Waals surface area (Å²) in [6, 6.07) is 9.69. The fourth-order valence-electron chi connectivity index (χ4n) is 5.55. The molecule has 1 saturated carbocycles. The Labute approximate surface area is 207 Å². The van der Waals surface area contributed by atoms with Gasteiger partial charge in [-0.25, -0.2) is 15.0 Å².